The summed E-state index contributed by atoms with van der Waals surface area (Å²) in [5.41, 5.74) is 6.09. The van der Waals surface area contributed by atoms with E-state index in [-0.39, 0.29) is 23.6 Å². The van der Waals surface area contributed by atoms with Crippen molar-refractivity contribution in [1.82, 2.24) is 5.32 Å². The second-order valence-corrected chi connectivity index (χ2v) is 9.69. The molecule has 0 spiro atoms. The molecule has 4 saturated carbocycles. The average Bonchev–Trinajstić information content (AvgIpc) is 2.49. The Morgan fingerprint density at radius 3 is 2.62 bits per heavy atom. The van der Waals surface area contributed by atoms with Crippen LogP contribution < -0.4 is 15.8 Å². The molecule has 5 nitrogen and oxygen atoms in total. The number of hydrogen-bond acceptors (Lipinski definition) is 4. The van der Waals surface area contributed by atoms with E-state index in [1.807, 2.05) is 18.2 Å². The zero-order valence-electron chi connectivity index (χ0n) is 15.8. The third-order valence-corrected chi connectivity index (χ3v) is 6.17. The van der Waals surface area contributed by atoms with Crippen molar-refractivity contribution in [3.63, 3.8) is 0 Å². The molecular formula is C21H30N2O3. The van der Waals surface area contributed by atoms with Crippen LogP contribution in [-0.2, 0) is 0 Å². The van der Waals surface area contributed by atoms with E-state index in [2.05, 4.69) is 5.32 Å². The molecule has 5 heteroatoms. The summed E-state index contributed by atoms with van der Waals surface area (Å²) in [5, 5.41) is 13.1. The molecule has 4 bridgehead atoms. The highest BCUT2D eigenvalue weighted by atomic mass is 16.5. The zero-order chi connectivity index (χ0) is 18.6. The van der Waals surface area contributed by atoms with Crippen LogP contribution in [0.25, 0.3) is 0 Å². The van der Waals surface area contributed by atoms with Gasteiger partial charge in [0.15, 0.2) is 0 Å². The monoisotopic (exact) mass is 358 g/mol. The molecule has 0 saturated heterocycles. The van der Waals surface area contributed by atoms with Gasteiger partial charge in [0.05, 0.1) is 5.60 Å². The molecule has 4 fully saturated rings. The lowest BCUT2D eigenvalue weighted by molar-refractivity contribution is -0.0320. The summed E-state index contributed by atoms with van der Waals surface area (Å²) < 4.78 is 5.62. The first-order chi connectivity index (χ1) is 12.1. The maximum atomic E-state index is 12.9. The fourth-order valence-electron chi connectivity index (χ4n) is 5.78. The van der Waals surface area contributed by atoms with E-state index in [4.69, 9.17) is 10.5 Å². The Bertz CT molecular complexity index is 695. The summed E-state index contributed by atoms with van der Waals surface area (Å²) in [5.74, 6) is 1.86. The quantitative estimate of drug-likeness (QED) is 0.755. The number of amides is 1. The third kappa shape index (κ3) is 3.60. The molecule has 2 atom stereocenters. The van der Waals surface area contributed by atoms with Gasteiger partial charge in [0.1, 0.15) is 12.4 Å². The molecule has 0 aromatic heterocycles. The molecule has 2 unspecified atom stereocenters. The predicted octanol–water partition coefficient (Wildman–Crippen LogP) is 2.62. The standard InChI is InChI=1S/C21H30N2O3/c1-19(2,25)13-26-17-5-3-4-16(7-17)18(24)23-21-10-14-6-15(11-21)9-20(22,8-14)12-21/h3-5,7,14-15,25H,6,8-13,22H2,1-2H3,(H,23,24). The van der Waals surface area contributed by atoms with Crippen molar-refractivity contribution in [2.75, 3.05) is 6.61 Å². The Labute approximate surface area is 155 Å². The summed E-state index contributed by atoms with van der Waals surface area (Å²) in [4.78, 5) is 12.9. The van der Waals surface area contributed by atoms with Gasteiger partial charge in [0.2, 0.25) is 0 Å². The van der Waals surface area contributed by atoms with E-state index < -0.39 is 5.60 Å². The van der Waals surface area contributed by atoms with Gasteiger partial charge in [-0.15, -0.1) is 0 Å². The SMILES string of the molecule is CC(C)(O)COc1cccc(C(=O)NC23CC4CC(CC(N)(C4)C2)C3)c1. The lowest BCUT2D eigenvalue weighted by atomic mass is 9.50. The first-order valence-corrected chi connectivity index (χ1v) is 9.70. The van der Waals surface area contributed by atoms with Gasteiger partial charge in [-0.05, 0) is 82.4 Å². The van der Waals surface area contributed by atoms with Gasteiger partial charge in [0, 0.05) is 16.6 Å². The first-order valence-electron chi connectivity index (χ1n) is 9.70. The highest BCUT2D eigenvalue weighted by Crippen LogP contribution is 2.56. The fraction of sp³-hybridized carbons (Fsp3) is 0.667. The number of ether oxygens (including phenoxy) is 1. The van der Waals surface area contributed by atoms with Crippen molar-refractivity contribution in [3.05, 3.63) is 29.8 Å². The topological polar surface area (TPSA) is 84.6 Å². The number of hydrogen-bond donors (Lipinski definition) is 3. The van der Waals surface area contributed by atoms with Crippen LogP contribution in [0.4, 0.5) is 0 Å². The molecule has 0 heterocycles. The Hall–Kier alpha value is -1.59. The minimum absolute atomic E-state index is 0.0516. The number of carbonyl (C=O) groups is 1. The normalized spacial score (nSPS) is 35.4. The smallest absolute Gasteiger partial charge is 0.251 e. The summed E-state index contributed by atoms with van der Waals surface area (Å²) in [6.07, 6.45) is 6.51. The molecule has 142 valence electrons. The van der Waals surface area contributed by atoms with Crippen molar-refractivity contribution < 1.29 is 14.6 Å². The van der Waals surface area contributed by atoms with Crippen LogP contribution in [0.2, 0.25) is 0 Å². The van der Waals surface area contributed by atoms with Gasteiger partial charge in [-0.3, -0.25) is 4.79 Å². The minimum Gasteiger partial charge on any atom is -0.491 e. The van der Waals surface area contributed by atoms with Crippen LogP contribution in [0.5, 0.6) is 5.75 Å². The molecular weight excluding hydrogens is 328 g/mol. The first kappa shape index (κ1) is 17.8. The molecule has 0 aliphatic heterocycles. The molecule has 0 radical (unpaired) electrons. The van der Waals surface area contributed by atoms with Crippen molar-refractivity contribution in [3.8, 4) is 5.75 Å². The highest BCUT2D eigenvalue weighted by molar-refractivity contribution is 5.95. The summed E-state index contributed by atoms with van der Waals surface area (Å²) >= 11 is 0. The summed E-state index contributed by atoms with van der Waals surface area (Å²) in [6, 6.07) is 7.19. The van der Waals surface area contributed by atoms with E-state index in [0.717, 1.165) is 32.1 Å². The van der Waals surface area contributed by atoms with E-state index in [9.17, 15) is 9.90 Å². The number of rotatable bonds is 5. The Morgan fingerprint density at radius 2 is 2.00 bits per heavy atom. The maximum absolute atomic E-state index is 12.9. The molecule has 5 rings (SSSR count). The number of benzene rings is 1. The third-order valence-electron chi connectivity index (χ3n) is 6.17. The Morgan fingerprint density at radius 1 is 1.31 bits per heavy atom. The van der Waals surface area contributed by atoms with Crippen molar-refractivity contribution >= 4 is 5.91 Å². The van der Waals surface area contributed by atoms with E-state index in [1.54, 1.807) is 19.9 Å². The van der Waals surface area contributed by atoms with Crippen LogP contribution in [0, 0.1) is 11.8 Å². The molecule has 4 aliphatic carbocycles. The van der Waals surface area contributed by atoms with E-state index in [1.165, 1.54) is 6.42 Å². The average molecular weight is 358 g/mol. The molecule has 1 aromatic rings. The van der Waals surface area contributed by atoms with E-state index >= 15 is 0 Å². The van der Waals surface area contributed by atoms with Gasteiger partial charge >= 0.3 is 0 Å². The summed E-state index contributed by atoms with van der Waals surface area (Å²) in [7, 11) is 0. The molecule has 4 aliphatic rings. The Kier molecular flexibility index (Phi) is 4.08. The maximum Gasteiger partial charge on any atom is 0.251 e. The van der Waals surface area contributed by atoms with Crippen molar-refractivity contribution in [2.24, 2.45) is 17.6 Å². The minimum atomic E-state index is -0.910. The largest absolute Gasteiger partial charge is 0.491 e. The molecule has 1 amide bonds. The molecule has 26 heavy (non-hydrogen) atoms. The summed E-state index contributed by atoms with van der Waals surface area (Å²) in [6.45, 7) is 3.57. The van der Waals surface area contributed by atoms with Gasteiger partial charge < -0.3 is 20.9 Å². The van der Waals surface area contributed by atoms with Gasteiger partial charge in [-0.25, -0.2) is 0 Å². The zero-order valence-corrected chi connectivity index (χ0v) is 15.8. The van der Waals surface area contributed by atoms with Crippen LogP contribution in [0.15, 0.2) is 24.3 Å². The van der Waals surface area contributed by atoms with Crippen molar-refractivity contribution in [2.45, 2.75) is 69.1 Å². The lowest BCUT2D eigenvalue weighted by Gasteiger charge is -2.61. The Balaban J connectivity index is 1.47. The second kappa shape index (κ2) is 5.96. The fourth-order valence-corrected chi connectivity index (χ4v) is 5.78. The predicted molar refractivity (Wildman–Crippen MR) is 100 cm³/mol. The number of carbonyl (C=O) groups excluding carboxylic acids is 1. The van der Waals surface area contributed by atoms with Crippen LogP contribution in [0.3, 0.4) is 0 Å². The van der Waals surface area contributed by atoms with Crippen molar-refractivity contribution in [1.29, 1.82) is 0 Å². The van der Waals surface area contributed by atoms with Gasteiger partial charge in [-0.2, -0.15) is 0 Å². The number of nitrogens with one attached hydrogen (secondary N) is 1. The molecule has 4 N–H and O–H groups in total. The molecule has 1 aromatic carbocycles. The number of nitrogens with two attached hydrogens (primary N) is 1. The van der Waals surface area contributed by atoms with Crippen LogP contribution in [-0.4, -0.2) is 34.3 Å². The second-order valence-electron chi connectivity index (χ2n) is 9.69. The highest BCUT2D eigenvalue weighted by Gasteiger charge is 2.56. The number of aliphatic hydroxyl groups is 1. The lowest BCUT2D eigenvalue weighted by Crippen LogP contribution is -2.68. The van der Waals surface area contributed by atoms with Gasteiger partial charge in [0.25, 0.3) is 5.91 Å². The van der Waals surface area contributed by atoms with Gasteiger partial charge in [-0.1, -0.05) is 6.07 Å². The van der Waals surface area contributed by atoms with E-state index in [0.29, 0.717) is 23.1 Å². The van der Waals surface area contributed by atoms with Crippen LogP contribution >= 0.6 is 0 Å². The van der Waals surface area contributed by atoms with Crippen LogP contribution in [0.1, 0.15) is 62.7 Å².